The van der Waals surface area contributed by atoms with Crippen LogP contribution >= 0.6 is 7.91 Å². The maximum absolute atomic E-state index is 12.1. The molecule has 1 unspecified atom stereocenters. The molecular formula is C4H6F5O3P. The minimum absolute atomic E-state index is 0.206. The van der Waals surface area contributed by atoms with Crippen molar-refractivity contribution in [2.75, 3.05) is 7.11 Å². The van der Waals surface area contributed by atoms with Crippen LogP contribution in [-0.4, -0.2) is 19.1 Å². The van der Waals surface area contributed by atoms with Gasteiger partial charge >= 0.3 is 19.9 Å². The van der Waals surface area contributed by atoms with Crippen molar-refractivity contribution in [3.63, 3.8) is 0 Å². The molecule has 80 valence electrons. The molecular weight excluding hydrogens is 222 g/mol. The molecule has 0 saturated heterocycles. The Bertz CT molecular complexity index is 224. The normalized spacial score (nSPS) is 18.4. The van der Waals surface area contributed by atoms with Crippen molar-refractivity contribution in [2.24, 2.45) is 0 Å². The van der Waals surface area contributed by atoms with Crippen LogP contribution in [0.4, 0.5) is 21.8 Å². The second kappa shape index (κ2) is 3.51. The molecule has 0 aliphatic carbocycles. The van der Waals surface area contributed by atoms with Crippen molar-refractivity contribution in [3.05, 3.63) is 0 Å². The van der Waals surface area contributed by atoms with Gasteiger partial charge in [0.2, 0.25) is 0 Å². The molecule has 0 N–H and O–H groups in total. The molecule has 0 amide bonds. The van der Waals surface area contributed by atoms with E-state index in [1.807, 2.05) is 0 Å². The molecule has 0 radical (unpaired) electrons. The molecule has 0 aliphatic rings. The lowest BCUT2D eigenvalue weighted by Gasteiger charge is -2.22. The smallest absolute Gasteiger partial charge is 0.287 e. The standard InChI is InChI=1S/C4H6F5O3P/c1-3(5,6)4(7,8)12-13(9,10)11-2/h1-2H3. The van der Waals surface area contributed by atoms with Gasteiger partial charge in [-0.05, 0) is 0 Å². The molecule has 0 saturated carbocycles. The fourth-order valence-corrected chi connectivity index (χ4v) is 0.763. The van der Waals surface area contributed by atoms with E-state index in [9.17, 15) is 26.3 Å². The van der Waals surface area contributed by atoms with Crippen LogP contribution in [0.5, 0.6) is 0 Å². The summed E-state index contributed by atoms with van der Waals surface area (Å²) in [6, 6.07) is 0. The van der Waals surface area contributed by atoms with Crippen LogP contribution in [0.1, 0.15) is 6.92 Å². The molecule has 1 atom stereocenters. The van der Waals surface area contributed by atoms with Crippen molar-refractivity contribution >= 4 is 7.91 Å². The molecule has 0 spiro atoms. The van der Waals surface area contributed by atoms with Crippen molar-refractivity contribution < 1.29 is 35.4 Å². The SMILES string of the molecule is COP(=O)(F)OC(F)(F)C(C)(F)F. The van der Waals surface area contributed by atoms with Crippen LogP contribution in [0, 0.1) is 0 Å². The molecule has 13 heavy (non-hydrogen) atoms. The van der Waals surface area contributed by atoms with Gasteiger partial charge in [0, 0.05) is 14.0 Å². The zero-order chi connectivity index (χ0) is 10.9. The third-order valence-electron chi connectivity index (χ3n) is 0.953. The highest BCUT2D eigenvalue weighted by atomic mass is 31.2. The largest absolute Gasteiger partial charge is 0.517 e. The Kier molecular flexibility index (Phi) is 3.46. The highest BCUT2D eigenvalue weighted by Gasteiger charge is 2.58. The van der Waals surface area contributed by atoms with E-state index in [0.717, 1.165) is 0 Å². The lowest BCUT2D eigenvalue weighted by Crippen LogP contribution is -2.39. The first-order valence-corrected chi connectivity index (χ1v) is 4.27. The zero-order valence-electron chi connectivity index (χ0n) is 6.56. The molecule has 0 heterocycles. The van der Waals surface area contributed by atoms with Gasteiger partial charge in [-0.2, -0.15) is 17.6 Å². The third-order valence-corrected chi connectivity index (χ3v) is 1.84. The molecule has 9 heteroatoms. The second-order valence-corrected chi connectivity index (χ2v) is 3.52. The predicted octanol–water partition coefficient (Wildman–Crippen LogP) is 2.98. The summed E-state index contributed by atoms with van der Waals surface area (Å²) < 4.78 is 76.5. The fraction of sp³-hybridized carbons (Fsp3) is 1.00. The predicted molar refractivity (Wildman–Crippen MR) is 32.4 cm³/mol. The van der Waals surface area contributed by atoms with Gasteiger partial charge in [0.05, 0.1) is 0 Å². The van der Waals surface area contributed by atoms with E-state index in [1.54, 1.807) is 0 Å². The molecule has 0 aromatic carbocycles. The monoisotopic (exact) mass is 228 g/mol. The molecule has 3 nitrogen and oxygen atoms in total. The molecule has 0 aromatic heterocycles. The summed E-state index contributed by atoms with van der Waals surface area (Å²) in [6.45, 7) is -0.206. The van der Waals surface area contributed by atoms with Crippen molar-refractivity contribution in [1.29, 1.82) is 0 Å². The van der Waals surface area contributed by atoms with Gasteiger partial charge in [-0.15, -0.1) is 4.20 Å². The lowest BCUT2D eigenvalue weighted by molar-refractivity contribution is -0.306. The molecule has 0 bridgehead atoms. The van der Waals surface area contributed by atoms with Crippen LogP contribution < -0.4 is 0 Å². The highest BCUT2D eigenvalue weighted by molar-refractivity contribution is 7.48. The van der Waals surface area contributed by atoms with Crippen LogP contribution in [0.3, 0.4) is 0 Å². The number of hydrogen-bond donors (Lipinski definition) is 0. The Balaban J connectivity index is 4.62. The van der Waals surface area contributed by atoms with E-state index in [1.165, 1.54) is 0 Å². The van der Waals surface area contributed by atoms with Crippen LogP contribution in [0.15, 0.2) is 0 Å². The first-order valence-electron chi connectivity index (χ1n) is 2.84. The van der Waals surface area contributed by atoms with E-state index in [4.69, 9.17) is 0 Å². The Morgan fingerprint density at radius 3 is 1.85 bits per heavy atom. The number of alkyl halides is 4. The van der Waals surface area contributed by atoms with Gasteiger partial charge in [0.25, 0.3) is 0 Å². The fourth-order valence-electron chi connectivity index (χ4n) is 0.254. The van der Waals surface area contributed by atoms with Crippen molar-refractivity contribution in [3.8, 4) is 0 Å². The van der Waals surface area contributed by atoms with Crippen LogP contribution in [0.2, 0.25) is 0 Å². The zero-order valence-corrected chi connectivity index (χ0v) is 7.46. The van der Waals surface area contributed by atoms with E-state index >= 15 is 0 Å². The average molecular weight is 228 g/mol. The molecule has 0 aromatic rings. The van der Waals surface area contributed by atoms with E-state index in [0.29, 0.717) is 7.11 Å². The molecule has 0 rings (SSSR count). The second-order valence-electron chi connectivity index (χ2n) is 2.11. The Labute approximate surface area is 70.5 Å². The van der Waals surface area contributed by atoms with Gasteiger partial charge in [-0.1, -0.05) is 0 Å². The maximum Gasteiger partial charge on any atom is 0.517 e. The van der Waals surface area contributed by atoms with Crippen LogP contribution in [-0.2, 0) is 13.6 Å². The van der Waals surface area contributed by atoms with E-state index in [2.05, 4.69) is 9.05 Å². The van der Waals surface area contributed by atoms with Gasteiger partial charge in [-0.3, -0.25) is 4.52 Å². The average Bonchev–Trinajstić information content (AvgIpc) is 1.83. The maximum atomic E-state index is 12.1. The summed E-state index contributed by atoms with van der Waals surface area (Å²) in [5, 5.41) is 0. The summed E-state index contributed by atoms with van der Waals surface area (Å²) in [5.74, 6) is -4.65. The number of halogens is 5. The topological polar surface area (TPSA) is 35.5 Å². The minimum Gasteiger partial charge on any atom is -0.287 e. The summed E-state index contributed by atoms with van der Waals surface area (Å²) in [7, 11) is -5.17. The molecule has 0 aliphatic heterocycles. The minimum atomic E-state index is -5.62. The number of rotatable bonds is 4. The van der Waals surface area contributed by atoms with Crippen molar-refractivity contribution in [1.82, 2.24) is 0 Å². The first-order chi connectivity index (χ1) is 5.52. The lowest BCUT2D eigenvalue weighted by atomic mass is 10.4. The van der Waals surface area contributed by atoms with Gasteiger partial charge in [-0.25, -0.2) is 9.09 Å². The summed E-state index contributed by atoms with van der Waals surface area (Å²) in [6.07, 6.45) is -5.17. The highest BCUT2D eigenvalue weighted by Crippen LogP contribution is 2.55. The van der Waals surface area contributed by atoms with Crippen LogP contribution in [0.25, 0.3) is 0 Å². The quantitative estimate of drug-likeness (QED) is 0.548. The Morgan fingerprint density at radius 2 is 1.62 bits per heavy atom. The molecule has 0 fully saturated rings. The van der Waals surface area contributed by atoms with Gasteiger partial charge in [0.1, 0.15) is 0 Å². The first kappa shape index (κ1) is 12.8. The number of hydrogen-bond acceptors (Lipinski definition) is 3. The van der Waals surface area contributed by atoms with Gasteiger partial charge in [0.15, 0.2) is 0 Å². The summed E-state index contributed by atoms with van der Waals surface area (Å²) in [4.78, 5) is 0. The van der Waals surface area contributed by atoms with Gasteiger partial charge < -0.3 is 0 Å². The Hall–Kier alpha value is -0.200. The Morgan fingerprint density at radius 1 is 1.23 bits per heavy atom. The summed E-state index contributed by atoms with van der Waals surface area (Å²) in [5.41, 5.74) is 0. The third kappa shape index (κ3) is 3.58. The van der Waals surface area contributed by atoms with E-state index in [-0.39, 0.29) is 6.92 Å². The van der Waals surface area contributed by atoms with Crippen molar-refractivity contribution in [2.45, 2.75) is 19.0 Å². The van der Waals surface area contributed by atoms with E-state index < -0.39 is 19.9 Å². The summed E-state index contributed by atoms with van der Waals surface area (Å²) >= 11 is 0.